The molecule has 1 aromatic rings. The molecule has 1 atom stereocenters. The van der Waals surface area contributed by atoms with Crippen LogP contribution in [0.1, 0.15) is 65.7 Å². The molecule has 4 rings (SSSR count). The predicted octanol–water partition coefficient (Wildman–Crippen LogP) is 1.53. The Bertz CT molecular complexity index is 935. The summed E-state index contributed by atoms with van der Waals surface area (Å²) in [7, 11) is 0. The predicted molar refractivity (Wildman–Crippen MR) is 105 cm³/mol. The number of nitrogens with one attached hydrogen (secondary N) is 2. The zero-order chi connectivity index (χ0) is 21.4. The Balaban J connectivity index is 1.50. The highest BCUT2D eigenvalue weighted by molar-refractivity contribution is 6.25. The van der Waals surface area contributed by atoms with E-state index >= 15 is 0 Å². The van der Waals surface area contributed by atoms with Crippen LogP contribution >= 0.6 is 0 Å². The van der Waals surface area contributed by atoms with E-state index in [4.69, 9.17) is 5.11 Å². The van der Waals surface area contributed by atoms with Gasteiger partial charge in [-0.05, 0) is 50.2 Å². The zero-order valence-corrected chi connectivity index (χ0v) is 16.3. The first-order valence-corrected chi connectivity index (χ1v) is 10.2. The maximum atomic E-state index is 13.1. The van der Waals surface area contributed by atoms with Crippen LogP contribution in [0.25, 0.3) is 0 Å². The second-order valence-corrected chi connectivity index (χ2v) is 8.14. The lowest BCUT2D eigenvalue weighted by Crippen LogP contribution is -2.54. The maximum Gasteiger partial charge on any atom is 0.303 e. The number of hydrogen-bond donors (Lipinski definition) is 3. The molecule has 1 aliphatic carbocycles. The van der Waals surface area contributed by atoms with Crippen molar-refractivity contribution in [2.45, 2.75) is 57.0 Å². The fourth-order valence-electron chi connectivity index (χ4n) is 4.61. The van der Waals surface area contributed by atoms with Crippen molar-refractivity contribution in [3.8, 4) is 0 Å². The third-order valence-corrected chi connectivity index (χ3v) is 6.14. The summed E-state index contributed by atoms with van der Waals surface area (Å²) in [6.07, 6.45) is 3.49. The van der Waals surface area contributed by atoms with Crippen molar-refractivity contribution < 1.29 is 29.1 Å². The van der Waals surface area contributed by atoms with Crippen molar-refractivity contribution in [1.29, 1.82) is 0 Å². The van der Waals surface area contributed by atoms with Gasteiger partial charge >= 0.3 is 5.97 Å². The van der Waals surface area contributed by atoms with Crippen LogP contribution in [0.4, 0.5) is 5.69 Å². The van der Waals surface area contributed by atoms with Crippen molar-refractivity contribution in [2.75, 3.05) is 5.32 Å². The number of carbonyl (C=O) groups excluding carboxylic acids is 4. The van der Waals surface area contributed by atoms with Gasteiger partial charge in [0.05, 0.1) is 11.1 Å². The Morgan fingerprint density at radius 3 is 2.47 bits per heavy atom. The van der Waals surface area contributed by atoms with Gasteiger partial charge in [0.1, 0.15) is 6.04 Å². The highest BCUT2D eigenvalue weighted by atomic mass is 16.4. The molecule has 30 heavy (non-hydrogen) atoms. The van der Waals surface area contributed by atoms with E-state index in [-0.39, 0.29) is 42.3 Å². The number of carbonyl (C=O) groups is 5. The van der Waals surface area contributed by atoms with Crippen LogP contribution < -0.4 is 10.6 Å². The summed E-state index contributed by atoms with van der Waals surface area (Å²) < 4.78 is 0. The van der Waals surface area contributed by atoms with Crippen molar-refractivity contribution >= 4 is 35.3 Å². The monoisotopic (exact) mass is 413 g/mol. The molecule has 0 spiro atoms. The zero-order valence-electron chi connectivity index (χ0n) is 16.3. The number of fused-ring (bicyclic) bond motifs is 1. The Morgan fingerprint density at radius 1 is 1.07 bits per heavy atom. The summed E-state index contributed by atoms with van der Waals surface area (Å²) >= 11 is 0. The number of carboxylic acid groups (broad SMARTS) is 1. The first-order chi connectivity index (χ1) is 14.3. The third-order valence-electron chi connectivity index (χ3n) is 6.14. The summed E-state index contributed by atoms with van der Waals surface area (Å²) in [5, 5.41) is 14.5. The number of nitrogens with zero attached hydrogens (tertiary/aromatic N) is 1. The molecule has 0 aromatic heterocycles. The van der Waals surface area contributed by atoms with Gasteiger partial charge in [0.2, 0.25) is 11.8 Å². The van der Waals surface area contributed by atoms with Gasteiger partial charge in [-0.1, -0.05) is 6.07 Å². The number of anilines is 1. The quantitative estimate of drug-likeness (QED) is 0.624. The van der Waals surface area contributed by atoms with Gasteiger partial charge in [0, 0.05) is 24.6 Å². The van der Waals surface area contributed by atoms with Crippen LogP contribution in [0.15, 0.2) is 18.2 Å². The highest BCUT2D eigenvalue weighted by Crippen LogP contribution is 2.35. The summed E-state index contributed by atoms with van der Waals surface area (Å²) in [5.74, 6) is -2.73. The molecule has 0 radical (unpaired) electrons. The second kappa shape index (κ2) is 7.89. The number of rotatable bonds is 5. The highest BCUT2D eigenvalue weighted by Gasteiger charge is 2.45. The second-order valence-electron chi connectivity index (χ2n) is 8.14. The Kier molecular flexibility index (Phi) is 5.27. The van der Waals surface area contributed by atoms with E-state index in [1.54, 1.807) is 18.2 Å². The number of benzene rings is 1. The minimum Gasteiger partial charge on any atom is -0.481 e. The standard InChI is InChI=1S/C21H23N3O6/c25-16-9-8-15(19(28)23-16)24-20(29)13-2-1-3-14(18(13)21(24)30)22-12-6-4-11(5-7-12)10-17(26)27/h1-3,11-12,15,22H,4-10H2,(H,26,27)(H,23,25,28). The Hall–Kier alpha value is -3.23. The molecule has 1 saturated heterocycles. The molecular weight excluding hydrogens is 390 g/mol. The molecule has 1 unspecified atom stereocenters. The molecule has 0 bridgehead atoms. The van der Waals surface area contributed by atoms with Crippen LogP contribution in [0.5, 0.6) is 0 Å². The molecule has 2 heterocycles. The molecule has 1 aromatic carbocycles. The number of amides is 4. The van der Waals surface area contributed by atoms with Crippen LogP contribution in [0.2, 0.25) is 0 Å². The van der Waals surface area contributed by atoms with Crippen LogP contribution in [0, 0.1) is 5.92 Å². The van der Waals surface area contributed by atoms with Gasteiger partial charge in [-0.3, -0.25) is 34.2 Å². The number of hydrogen-bond acceptors (Lipinski definition) is 6. The largest absolute Gasteiger partial charge is 0.481 e. The van der Waals surface area contributed by atoms with E-state index in [9.17, 15) is 24.0 Å². The summed E-state index contributed by atoms with van der Waals surface area (Å²) in [5.41, 5.74) is 1.04. The van der Waals surface area contributed by atoms with E-state index in [0.29, 0.717) is 5.69 Å². The number of piperidine rings is 1. The van der Waals surface area contributed by atoms with Crippen LogP contribution in [-0.4, -0.2) is 51.7 Å². The molecule has 9 heteroatoms. The van der Waals surface area contributed by atoms with Crippen LogP contribution in [-0.2, 0) is 14.4 Å². The Morgan fingerprint density at radius 2 is 1.80 bits per heavy atom. The van der Waals surface area contributed by atoms with Crippen molar-refractivity contribution in [3.05, 3.63) is 29.3 Å². The Labute approximate surface area is 172 Å². The topological polar surface area (TPSA) is 133 Å². The molecule has 158 valence electrons. The van der Waals surface area contributed by atoms with Crippen LogP contribution in [0.3, 0.4) is 0 Å². The molecule has 9 nitrogen and oxygen atoms in total. The van der Waals surface area contributed by atoms with E-state index in [1.807, 2.05) is 0 Å². The van der Waals surface area contributed by atoms with E-state index in [0.717, 1.165) is 30.6 Å². The first kappa shape index (κ1) is 20.1. The van der Waals surface area contributed by atoms with Gasteiger partial charge in [-0.2, -0.15) is 0 Å². The molecule has 2 fully saturated rings. The smallest absolute Gasteiger partial charge is 0.303 e. The summed E-state index contributed by atoms with van der Waals surface area (Å²) in [6.45, 7) is 0. The number of carboxylic acids is 1. The molecular formula is C21H23N3O6. The summed E-state index contributed by atoms with van der Waals surface area (Å²) in [6, 6.07) is 4.08. The average Bonchev–Trinajstić information content (AvgIpc) is 2.95. The lowest BCUT2D eigenvalue weighted by Gasteiger charge is -2.30. The lowest BCUT2D eigenvalue weighted by molar-refractivity contribution is -0.138. The van der Waals surface area contributed by atoms with E-state index < -0.39 is 35.6 Å². The molecule has 3 aliphatic rings. The lowest BCUT2D eigenvalue weighted by atomic mass is 9.84. The third kappa shape index (κ3) is 3.67. The molecule has 1 saturated carbocycles. The molecule has 4 amide bonds. The normalized spacial score (nSPS) is 26.4. The minimum absolute atomic E-state index is 0.0779. The minimum atomic E-state index is -0.991. The van der Waals surface area contributed by atoms with Crippen molar-refractivity contribution in [1.82, 2.24) is 10.2 Å². The average molecular weight is 413 g/mol. The van der Waals surface area contributed by atoms with E-state index in [2.05, 4.69) is 10.6 Å². The van der Waals surface area contributed by atoms with Gasteiger partial charge in [0.15, 0.2) is 0 Å². The fourth-order valence-corrected chi connectivity index (χ4v) is 4.61. The van der Waals surface area contributed by atoms with E-state index in [1.165, 1.54) is 0 Å². The fraction of sp³-hybridized carbons (Fsp3) is 0.476. The molecule has 3 N–H and O–H groups in total. The van der Waals surface area contributed by atoms with Gasteiger partial charge in [-0.15, -0.1) is 0 Å². The number of aliphatic carboxylic acids is 1. The maximum absolute atomic E-state index is 13.1. The van der Waals surface area contributed by atoms with Crippen molar-refractivity contribution in [3.63, 3.8) is 0 Å². The SMILES string of the molecule is O=C(O)CC1CCC(Nc2cccc3c2C(=O)N(C2CCC(=O)NC2=O)C3=O)CC1. The van der Waals surface area contributed by atoms with Gasteiger partial charge < -0.3 is 10.4 Å². The van der Waals surface area contributed by atoms with Crippen molar-refractivity contribution in [2.24, 2.45) is 5.92 Å². The molecule has 2 aliphatic heterocycles. The number of imide groups is 2. The van der Waals surface area contributed by atoms with Gasteiger partial charge in [-0.25, -0.2) is 0 Å². The van der Waals surface area contributed by atoms with Gasteiger partial charge in [0.25, 0.3) is 11.8 Å². The first-order valence-electron chi connectivity index (χ1n) is 10.2. The summed E-state index contributed by atoms with van der Waals surface area (Å²) in [4.78, 5) is 61.5.